The maximum Gasteiger partial charge on any atom is 0.146 e. The number of rotatable bonds is 1. The van der Waals surface area contributed by atoms with Gasteiger partial charge in [0, 0.05) is 0 Å². The van der Waals surface area contributed by atoms with Crippen LogP contribution in [0.3, 0.4) is 0 Å². The van der Waals surface area contributed by atoms with E-state index in [-0.39, 0.29) is 0 Å². The molecule has 0 aliphatic heterocycles. The van der Waals surface area contributed by atoms with Crippen LogP contribution in [0.4, 0.5) is 0 Å². The molecule has 78 valence electrons. The third-order valence-corrected chi connectivity index (χ3v) is 2.62. The predicted molar refractivity (Wildman–Crippen MR) is 60.3 cm³/mol. The van der Waals surface area contributed by atoms with Crippen molar-refractivity contribution in [1.29, 1.82) is 0 Å². The fourth-order valence-corrected chi connectivity index (χ4v) is 1.57. The quantitative estimate of drug-likeness (QED) is 0.712. The van der Waals surface area contributed by atoms with Crippen molar-refractivity contribution in [3.8, 4) is 5.75 Å². The minimum Gasteiger partial charge on any atom is -0.494 e. The molecular formula is C12H14N2O. The van der Waals surface area contributed by atoms with Crippen LogP contribution in [0.15, 0.2) is 12.1 Å². The Bertz CT molecular complexity index is 521. The molecule has 0 saturated carbocycles. The number of fused-ring (bicyclic) bond motifs is 1. The van der Waals surface area contributed by atoms with Gasteiger partial charge in [-0.05, 0) is 32.4 Å². The van der Waals surface area contributed by atoms with E-state index in [0.29, 0.717) is 0 Å². The maximum absolute atomic E-state index is 5.27. The zero-order valence-electron chi connectivity index (χ0n) is 9.46. The van der Waals surface area contributed by atoms with E-state index in [1.807, 2.05) is 32.9 Å². The highest BCUT2D eigenvalue weighted by Gasteiger charge is 2.08. The molecule has 0 fully saturated rings. The van der Waals surface area contributed by atoms with Crippen molar-refractivity contribution in [2.75, 3.05) is 7.11 Å². The minimum atomic E-state index is 0.784. The molecular weight excluding hydrogens is 188 g/mol. The molecule has 3 nitrogen and oxygen atoms in total. The summed E-state index contributed by atoms with van der Waals surface area (Å²) >= 11 is 0. The molecule has 0 spiro atoms. The fraction of sp³-hybridized carbons (Fsp3) is 0.333. The van der Waals surface area contributed by atoms with Gasteiger partial charge in [0.25, 0.3) is 0 Å². The number of hydrogen-bond donors (Lipinski definition) is 0. The minimum absolute atomic E-state index is 0.784. The Morgan fingerprint density at radius 2 is 1.53 bits per heavy atom. The van der Waals surface area contributed by atoms with Gasteiger partial charge >= 0.3 is 0 Å². The number of aryl methyl sites for hydroxylation is 3. The summed E-state index contributed by atoms with van der Waals surface area (Å²) in [5.74, 6) is 0.784. The second-order valence-electron chi connectivity index (χ2n) is 3.68. The summed E-state index contributed by atoms with van der Waals surface area (Å²) < 4.78 is 5.27. The van der Waals surface area contributed by atoms with Crippen LogP contribution in [0.2, 0.25) is 0 Å². The molecule has 0 saturated heterocycles. The lowest BCUT2D eigenvalue weighted by Gasteiger charge is -2.08. The van der Waals surface area contributed by atoms with E-state index in [1.54, 1.807) is 7.11 Å². The number of methoxy groups -OCH3 is 1. The second kappa shape index (κ2) is 3.50. The van der Waals surface area contributed by atoms with E-state index in [9.17, 15) is 0 Å². The monoisotopic (exact) mass is 202 g/mol. The molecule has 15 heavy (non-hydrogen) atoms. The predicted octanol–water partition coefficient (Wildman–Crippen LogP) is 2.56. The van der Waals surface area contributed by atoms with Crippen molar-refractivity contribution in [3.63, 3.8) is 0 Å². The number of aromatic nitrogens is 2. The summed E-state index contributed by atoms with van der Waals surface area (Å²) in [6, 6.07) is 3.94. The lowest BCUT2D eigenvalue weighted by molar-refractivity contribution is 0.418. The first-order valence-corrected chi connectivity index (χ1v) is 4.92. The van der Waals surface area contributed by atoms with Gasteiger partial charge in [0.05, 0.1) is 24.0 Å². The average molecular weight is 202 g/mol. The van der Waals surface area contributed by atoms with E-state index in [4.69, 9.17) is 4.74 Å². The smallest absolute Gasteiger partial charge is 0.146 e. The molecule has 0 N–H and O–H groups in total. The third kappa shape index (κ3) is 1.54. The van der Waals surface area contributed by atoms with Crippen molar-refractivity contribution in [3.05, 3.63) is 29.1 Å². The molecule has 1 aromatic heterocycles. The normalized spacial score (nSPS) is 10.7. The molecule has 1 aromatic carbocycles. The fourth-order valence-electron chi connectivity index (χ4n) is 1.57. The van der Waals surface area contributed by atoms with Crippen LogP contribution in [0.1, 0.15) is 17.0 Å². The summed E-state index contributed by atoms with van der Waals surface area (Å²) in [6.07, 6.45) is 0. The highest BCUT2D eigenvalue weighted by Crippen LogP contribution is 2.25. The number of benzene rings is 1. The maximum atomic E-state index is 5.27. The molecule has 1 heterocycles. The van der Waals surface area contributed by atoms with Gasteiger partial charge in [-0.25, -0.2) is 9.97 Å². The Hall–Kier alpha value is -1.64. The van der Waals surface area contributed by atoms with Crippen LogP contribution in [-0.4, -0.2) is 17.1 Å². The lowest BCUT2D eigenvalue weighted by Crippen LogP contribution is -1.97. The standard InChI is InChI=1S/C12H14N2O/c1-7-5-6-10(15-4)12-11(7)13-8(2)9(3)14-12/h5-6H,1-4H3. The van der Waals surface area contributed by atoms with Crippen LogP contribution in [0.5, 0.6) is 5.75 Å². The van der Waals surface area contributed by atoms with Crippen LogP contribution in [0.25, 0.3) is 11.0 Å². The molecule has 0 unspecified atom stereocenters. The Balaban J connectivity index is 2.88. The first-order chi connectivity index (χ1) is 7.13. The van der Waals surface area contributed by atoms with Gasteiger partial charge in [-0.3, -0.25) is 0 Å². The molecule has 3 heteroatoms. The SMILES string of the molecule is COc1ccc(C)c2nc(C)c(C)nc12. The van der Waals surface area contributed by atoms with Crippen LogP contribution in [-0.2, 0) is 0 Å². The molecule has 0 aliphatic rings. The van der Waals surface area contributed by atoms with E-state index < -0.39 is 0 Å². The second-order valence-corrected chi connectivity index (χ2v) is 3.68. The Morgan fingerprint density at radius 1 is 0.933 bits per heavy atom. The number of ether oxygens (including phenoxy) is 1. The van der Waals surface area contributed by atoms with Crippen molar-refractivity contribution >= 4 is 11.0 Å². The van der Waals surface area contributed by atoms with E-state index in [2.05, 4.69) is 9.97 Å². The highest BCUT2D eigenvalue weighted by atomic mass is 16.5. The first-order valence-electron chi connectivity index (χ1n) is 4.92. The van der Waals surface area contributed by atoms with Gasteiger partial charge in [-0.2, -0.15) is 0 Å². The van der Waals surface area contributed by atoms with Gasteiger partial charge in [0.2, 0.25) is 0 Å². The summed E-state index contributed by atoms with van der Waals surface area (Å²) in [4.78, 5) is 9.06. The van der Waals surface area contributed by atoms with Crippen LogP contribution < -0.4 is 4.74 Å². The van der Waals surface area contributed by atoms with Crippen LogP contribution in [0, 0.1) is 20.8 Å². The van der Waals surface area contributed by atoms with Gasteiger partial charge in [0.1, 0.15) is 11.3 Å². The van der Waals surface area contributed by atoms with Gasteiger partial charge < -0.3 is 4.74 Å². The van der Waals surface area contributed by atoms with Crippen molar-refractivity contribution < 1.29 is 4.74 Å². The third-order valence-electron chi connectivity index (χ3n) is 2.62. The molecule has 0 radical (unpaired) electrons. The molecule has 2 aromatic rings. The van der Waals surface area contributed by atoms with Gasteiger partial charge in [0.15, 0.2) is 0 Å². The van der Waals surface area contributed by atoms with Gasteiger partial charge in [-0.1, -0.05) is 6.07 Å². The Labute approximate surface area is 89.1 Å². The Morgan fingerprint density at radius 3 is 2.13 bits per heavy atom. The van der Waals surface area contributed by atoms with E-state index in [0.717, 1.165) is 33.7 Å². The zero-order valence-corrected chi connectivity index (χ0v) is 9.46. The van der Waals surface area contributed by atoms with Crippen molar-refractivity contribution in [1.82, 2.24) is 9.97 Å². The van der Waals surface area contributed by atoms with Gasteiger partial charge in [-0.15, -0.1) is 0 Å². The Kier molecular flexibility index (Phi) is 2.31. The molecule has 2 rings (SSSR count). The van der Waals surface area contributed by atoms with Crippen molar-refractivity contribution in [2.24, 2.45) is 0 Å². The largest absolute Gasteiger partial charge is 0.494 e. The summed E-state index contributed by atoms with van der Waals surface area (Å²) in [6.45, 7) is 5.97. The summed E-state index contributed by atoms with van der Waals surface area (Å²) in [5.41, 5.74) is 4.82. The van der Waals surface area contributed by atoms with Crippen LogP contribution >= 0.6 is 0 Å². The molecule has 0 bridgehead atoms. The molecule has 0 atom stereocenters. The summed E-state index contributed by atoms with van der Waals surface area (Å²) in [5, 5.41) is 0. The number of nitrogens with zero attached hydrogens (tertiary/aromatic N) is 2. The van der Waals surface area contributed by atoms with Crippen molar-refractivity contribution in [2.45, 2.75) is 20.8 Å². The lowest BCUT2D eigenvalue weighted by atomic mass is 10.1. The molecule has 0 aliphatic carbocycles. The number of hydrogen-bond acceptors (Lipinski definition) is 3. The highest BCUT2D eigenvalue weighted by molar-refractivity contribution is 5.84. The average Bonchev–Trinajstić information content (AvgIpc) is 2.22. The topological polar surface area (TPSA) is 35.0 Å². The summed E-state index contributed by atoms with van der Waals surface area (Å²) in [7, 11) is 1.65. The molecule has 0 amide bonds. The first kappa shape index (κ1) is 9.90. The zero-order chi connectivity index (χ0) is 11.0. The van der Waals surface area contributed by atoms with E-state index in [1.165, 1.54) is 0 Å². The van der Waals surface area contributed by atoms with E-state index >= 15 is 0 Å².